The minimum Gasteiger partial charge on any atom is -0.462 e. The molecule has 0 fully saturated rings. The molecule has 3 rings (SSSR count). The predicted octanol–water partition coefficient (Wildman–Crippen LogP) is 4.21. The molecule has 0 saturated carbocycles. The molecule has 0 radical (unpaired) electrons. The van der Waals surface area contributed by atoms with Crippen LogP contribution in [-0.4, -0.2) is 28.5 Å². The molecule has 0 saturated heterocycles. The van der Waals surface area contributed by atoms with Gasteiger partial charge in [0.05, 0.1) is 24.6 Å². The van der Waals surface area contributed by atoms with Crippen molar-refractivity contribution in [1.29, 1.82) is 0 Å². The Balaban J connectivity index is 1.60. The number of ether oxygens (including phenoxy) is 1. The number of carbonyl (C=O) groups is 2. The Hall–Kier alpha value is -3.74. The third-order valence-corrected chi connectivity index (χ3v) is 4.17. The average molecular weight is 390 g/mol. The van der Waals surface area contributed by atoms with Crippen LogP contribution in [-0.2, 0) is 11.2 Å². The van der Waals surface area contributed by atoms with Crippen LogP contribution >= 0.6 is 0 Å². The molecule has 0 atom stereocenters. The van der Waals surface area contributed by atoms with Gasteiger partial charge in [-0.1, -0.05) is 19.1 Å². The maximum atomic E-state index is 12.3. The summed E-state index contributed by atoms with van der Waals surface area (Å²) in [6.07, 6.45) is 3.90. The minimum atomic E-state index is -0.399. The summed E-state index contributed by atoms with van der Waals surface area (Å²) in [6.45, 7) is 4.16. The van der Waals surface area contributed by atoms with Gasteiger partial charge < -0.3 is 15.4 Å². The lowest BCUT2D eigenvalue weighted by atomic mass is 10.1. The largest absolute Gasteiger partial charge is 0.462 e. The van der Waals surface area contributed by atoms with E-state index in [2.05, 4.69) is 27.5 Å². The van der Waals surface area contributed by atoms with Crippen LogP contribution in [0.15, 0.2) is 60.9 Å². The van der Waals surface area contributed by atoms with E-state index in [0.717, 1.165) is 12.1 Å². The number of carbonyl (C=O) groups excluding carboxylic acids is 2. The molecule has 0 aliphatic rings. The molecule has 7 nitrogen and oxygen atoms in total. The number of esters is 1. The van der Waals surface area contributed by atoms with Gasteiger partial charge >= 0.3 is 5.97 Å². The topological polar surface area (TPSA) is 93.2 Å². The molecule has 2 aromatic carbocycles. The number of nitrogens with one attached hydrogen (secondary N) is 2. The molecule has 0 bridgehead atoms. The van der Waals surface area contributed by atoms with Gasteiger partial charge in [0.2, 0.25) is 0 Å². The quantitative estimate of drug-likeness (QED) is 0.587. The number of aryl methyl sites for hydroxylation is 1. The summed E-state index contributed by atoms with van der Waals surface area (Å²) in [7, 11) is 0. The number of benzene rings is 2. The number of hydrogen-bond donors (Lipinski definition) is 2. The maximum absolute atomic E-state index is 12.3. The van der Waals surface area contributed by atoms with Crippen molar-refractivity contribution in [2.45, 2.75) is 20.3 Å². The Morgan fingerprint density at radius 2 is 1.59 bits per heavy atom. The summed E-state index contributed by atoms with van der Waals surface area (Å²) >= 11 is 0. The Labute approximate surface area is 169 Å². The van der Waals surface area contributed by atoms with Gasteiger partial charge in [0.15, 0.2) is 0 Å². The molecule has 1 heterocycles. The molecule has 1 amide bonds. The zero-order valence-corrected chi connectivity index (χ0v) is 16.3. The standard InChI is InChI=1S/C22H22N4O3/c1-3-15-5-9-17(10-6-15)25-20-14-23-19(13-24-20)21(27)26-18-11-7-16(8-12-18)22(28)29-4-2/h5-14H,3-4H2,1-2H3,(H,24,25)(H,26,27). The van der Waals surface area contributed by atoms with Crippen molar-refractivity contribution in [3.63, 3.8) is 0 Å². The molecule has 0 aliphatic heterocycles. The first-order valence-corrected chi connectivity index (χ1v) is 9.35. The smallest absolute Gasteiger partial charge is 0.338 e. The number of rotatable bonds is 7. The Kier molecular flexibility index (Phi) is 6.52. The first-order valence-electron chi connectivity index (χ1n) is 9.35. The van der Waals surface area contributed by atoms with Crippen molar-refractivity contribution in [1.82, 2.24) is 9.97 Å². The van der Waals surface area contributed by atoms with Gasteiger partial charge in [0.25, 0.3) is 5.91 Å². The van der Waals surface area contributed by atoms with Gasteiger partial charge in [-0.3, -0.25) is 4.79 Å². The molecular formula is C22H22N4O3. The fourth-order valence-electron chi connectivity index (χ4n) is 2.58. The van der Waals surface area contributed by atoms with E-state index in [-0.39, 0.29) is 11.6 Å². The van der Waals surface area contributed by atoms with Crippen molar-refractivity contribution >= 4 is 29.1 Å². The second-order valence-electron chi connectivity index (χ2n) is 6.21. The highest BCUT2D eigenvalue weighted by molar-refractivity contribution is 6.03. The van der Waals surface area contributed by atoms with Crippen molar-refractivity contribution in [2.24, 2.45) is 0 Å². The van der Waals surface area contributed by atoms with E-state index in [0.29, 0.717) is 23.7 Å². The van der Waals surface area contributed by atoms with Crippen LogP contribution in [0.3, 0.4) is 0 Å². The van der Waals surface area contributed by atoms with Crippen LogP contribution in [0, 0.1) is 0 Å². The molecule has 0 aliphatic carbocycles. The van der Waals surface area contributed by atoms with Crippen LogP contribution in [0.4, 0.5) is 17.2 Å². The summed E-state index contributed by atoms with van der Waals surface area (Å²) < 4.78 is 4.93. The van der Waals surface area contributed by atoms with Crippen LogP contribution in [0.1, 0.15) is 40.3 Å². The normalized spacial score (nSPS) is 10.3. The fraction of sp³-hybridized carbons (Fsp3) is 0.182. The highest BCUT2D eigenvalue weighted by Crippen LogP contribution is 2.16. The van der Waals surface area contributed by atoms with Crippen molar-refractivity contribution < 1.29 is 14.3 Å². The lowest BCUT2D eigenvalue weighted by molar-refractivity contribution is 0.0526. The molecule has 7 heteroatoms. The third kappa shape index (κ3) is 5.38. The fourth-order valence-corrected chi connectivity index (χ4v) is 2.58. The number of hydrogen-bond acceptors (Lipinski definition) is 6. The Morgan fingerprint density at radius 3 is 2.17 bits per heavy atom. The van der Waals surface area contributed by atoms with Crippen molar-refractivity contribution in [2.75, 3.05) is 17.2 Å². The maximum Gasteiger partial charge on any atom is 0.338 e. The summed E-state index contributed by atoms with van der Waals surface area (Å²) in [5.74, 6) is -0.242. The zero-order valence-electron chi connectivity index (χ0n) is 16.3. The molecule has 1 aromatic heterocycles. The number of amides is 1. The lowest BCUT2D eigenvalue weighted by Crippen LogP contribution is -2.14. The summed E-state index contributed by atoms with van der Waals surface area (Å²) in [5, 5.41) is 5.87. The van der Waals surface area contributed by atoms with E-state index in [4.69, 9.17) is 4.74 Å². The van der Waals surface area contributed by atoms with Gasteiger partial charge in [-0.15, -0.1) is 0 Å². The van der Waals surface area contributed by atoms with Crippen molar-refractivity contribution in [3.05, 3.63) is 77.7 Å². The Bertz CT molecular complexity index is 968. The lowest BCUT2D eigenvalue weighted by Gasteiger charge is -2.08. The SMILES string of the molecule is CCOC(=O)c1ccc(NC(=O)c2cnc(Nc3ccc(CC)cc3)cn2)cc1. The monoisotopic (exact) mass is 390 g/mol. The van der Waals surface area contributed by atoms with E-state index in [1.54, 1.807) is 31.2 Å². The van der Waals surface area contributed by atoms with Crippen LogP contribution in [0.2, 0.25) is 0 Å². The van der Waals surface area contributed by atoms with E-state index < -0.39 is 5.97 Å². The van der Waals surface area contributed by atoms with Crippen molar-refractivity contribution in [3.8, 4) is 0 Å². The first kappa shape index (κ1) is 20.0. The van der Waals surface area contributed by atoms with E-state index in [9.17, 15) is 9.59 Å². The number of nitrogens with zero attached hydrogens (tertiary/aromatic N) is 2. The molecule has 2 N–H and O–H groups in total. The summed E-state index contributed by atoms with van der Waals surface area (Å²) in [4.78, 5) is 32.4. The predicted molar refractivity (Wildman–Crippen MR) is 111 cm³/mol. The summed E-state index contributed by atoms with van der Waals surface area (Å²) in [5.41, 5.74) is 3.31. The van der Waals surface area contributed by atoms with Gasteiger partial charge in [0, 0.05) is 11.4 Å². The third-order valence-electron chi connectivity index (χ3n) is 4.17. The van der Waals surface area contributed by atoms with Crippen LogP contribution in [0.25, 0.3) is 0 Å². The second-order valence-corrected chi connectivity index (χ2v) is 6.21. The van der Waals surface area contributed by atoms with Gasteiger partial charge in [0.1, 0.15) is 11.5 Å². The molecule has 3 aromatic rings. The van der Waals surface area contributed by atoms with Crippen LogP contribution < -0.4 is 10.6 Å². The van der Waals surface area contributed by atoms with Gasteiger partial charge in [-0.25, -0.2) is 14.8 Å². The van der Waals surface area contributed by atoms with Crippen LogP contribution in [0.5, 0.6) is 0 Å². The molecule has 0 spiro atoms. The molecule has 0 unspecified atom stereocenters. The molecular weight excluding hydrogens is 368 g/mol. The van der Waals surface area contributed by atoms with Gasteiger partial charge in [-0.05, 0) is 55.3 Å². The Morgan fingerprint density at radius 1 is 0.897 bits per heavy atom. The van der Waals surface area contributed by atoms with Gasteiger partial charge in [-0.2, -0.15) is 0 Å². The van der Waals surface area contributed by atoms with E-state index >= 15 is 0 Å². The number of anilines is 3. The highest BCUT2D eigenvalue weighted by atomic mass is 16.5. The molecule has 148 valence electrons. The number of aromatic nitrogens is 2. The minimum absolute atomic E-state index is 0.186. The summed E-state index contributed by atoms with van der Waals surface area (Å²) in [6, 6.07) is 14.5. The average Bonchev–Trinajstić information content (AvgIpc) is 2.75. The zero-order chi connectivity index (χ0) is 20.6. The van der Waals surface area contributed by atoms with E-state index in [1.165, 1.54) is 18.0 Å². The highest BCUT2D eigenvalue weighted by Gasteiger charge is 2.10. The van der Waals surface area contributed by atoms with E-state index in [1.807, 2.05) is 24.3 Å². The molecule has 29 heavy (non-hydrogen) atoms. The second kappa shape index (κ2) is 9.45. The first-order chi connectivity index (χ1) is 14.1.